The van der Waals surface area contributed by atoms with Crippen LogP contribution in [0.25, 0.3) is 0 Å². The monoisotopic (exact) mass is 352 g/mol. The summed E-state index contributed by atoms with van der Waals surface area (Å²) in [6, 6.07) is 7.74. The Morgan fingerprint density at radius 2 is 2.10 bits per heavy atom. The van der Waals surface area contributed by atoms with E-state index in [1.807, 2.05) is 0 Å². The van der Waals surface area contributed by atoms with Crippen molar-refractivity contribution in [1.82, 2.24) is 9.97 Å². The third-order valence-electron chi connectivity index (χ3n) is 2.43. The molecule has 0 aliphatic rings. The van der Waals surface area contributed by atoms with Crippen LogP contribution in [0.5, 0.6) is 0 Å². The van der Waals surface area contributed by atoms with Crippen molar-refractivity contribution < 1.29 is 8.42 Å². The van der Waals surface area contributed by atoms with Gasteiger partial charge in [-0.05, 0) is 47.1 Å². The predicted octanol–water partition coefficient (Wildman–Crippen LogP) is 2.22. The predicted molar refractivity (Wildman–Crippen MR) is 76.4 cm³/mol. The molecule has 0 unspecified atom stereocenters. The van der Waals surface area contributed by atoms with Crippen molar-refractivity contribution in [3.8, 4) is 6.07 Å². The molecule has 0 saturated heterocycles. The fraction of sp³-hybridized carbons (Fsp3) is 0.0833. The van der Waals surface area contributed by atoms with Crippen LogP contribution in [0.2, 0.25) is 0 Å². The molecule has 0 fully saturated rings. The number of nitrogens with one attached hydrogen (secondary N) is 1. The normalized spacial score (nSPS) is 10.8. The minimum Gasteiger partial charge on any atom is -0.263 e. The largest absolute Gasteiger partial charge is 0.265 e. The lowest BCUT2D eigenvalue weighted by Crippen LogP contribution is -2.16. The Bertz CT molecular complexity index is 799. The van der Waals surface area contributed by atoms with E-state index in [-0.39, 0.29) is 16.4 Å². The molecule has 2 rings (SSSR count). The van der Waals surface area contributed by atoms with Crippen molar-refractivity contribution in [3.05, 3.63) is 46.3 Å². The number of rotatable bonds is 3. The fourth-order valence-corrected chi connectivity index (χ4v) is 2.82. The molecular weight excluding hydrogens is 344 g/mol. The average Bonchev–Trinajstić information content (AvgIpc) is 2.42. The number of hydrogen-bond donors (Lipinski definition) is 1. The maximum atomic E-state index is 12.2. The van der Waals surface area contributed by atoms with Crippen LogP contribution in [0.15, 0.2) is 39.8 Å². The Hall–Kier alpha value is -1.98. The average molecular weight is 353 g/mol. The zero-order valence-corrected chi connectivity index (χ0v) is 12.7. The van der Waals surface area contributed by atoms with E-state index in [1.54, 1.807) is 19.1 Å². The van der Waals surface area contributed by atoms with Crippen LogP contribution >= 0.6 is 15.9 Å². The Labute approximate surface area is 124 Å². The van der Waals surface area contributed by atoms with Crippen LogP contribution in [0.4, 0.5) is 5.82 Å². The second kappa shape index (κ2) is 5.56. The quantitative estimate of drug-likeness (QED) is 0.913. The molecule has 0 radical (unpaired) electrons. The zero-order valence-electron chi connectivity index (χ0n) is 10.3. The van der Waals surface area contributed by atoms with Gasteiger partial charge < -0.3 is 0 Å². The zero-order chi connectivity index (χ0) is 14.8. The highest BCUT2D eigenvalue weighted by Crippen LogP contribution is 2.20. The van der Waals surface area contributed by atoms with E-state index in [9.17, 15) is 8.42 Å². The summed E-state index contributed by atoms with van der Waals surface area (Å²) in [4.78, 5) is 7.65. The first-order chi connectivity index (χ1) is 9.44. The van der Waals surface area contributed by atoms with Gasteiger partial charge in [-0.25, -0.2) is 18.4 Å². The molecule has 0 saturated carbocycles. The Kier molecular flexibility index (Phi) is 4.01. The summed E-state index contributed by atoms with van der Waals surface area (Å²) < 4.78 is 27.6. The molecule has 0 atom stereocenters. The second-order valence-corrected chi connectivity index (χ2v) is 6.34. The Morgan fingerprint density at radius 1 is 1.35 bits per heavy atom. The van der Waals surface area contributed by atoms with Crippen LogP contribution in [-0.2, 0) is 10.0 Å². The Balaban J connectivity index is 2.41. The first-order valence-corrected chi connectivity index (χ1v) is 7.73. The van der Waals surface area contributed by atoms with E-state index in [4.69, 9.17) is 5.26 Å². The van der Waals surface area contributed by atoms with Crippen LogP contribution in [-0.4, -0.2) is 18.4 Å². The summed E-state index contributed by atoms with van der Waals surface area (Å²) in [5, 5.41) is 8.90. The number of aryl methyl sites for hydroxylation is 1. The lowest BCUT2D eigenvalue weighted by atomic mass is 10.4. The van der Waals surface area contributed by atoms with Gasteiger partial charge in [0, 0.05) is 10.7 Å². The SMILES string of the molecule is Cc1nc(NS(=O)(=O)c2cccnc2C#N)ccc1Br. The van der Waals surface area contributed by atoms with Crippen molar-refractivity contribution in [2.75, 3.05) is 4.72 Å². The second-order valence-electron chi connectivity index (χ2n) is 3.83. The van der Waals surface area contributed by atoms with E-state index in [0.717, 1.165) is 4.47 Å². The number of aromatic nitrogens is 2. The Morgan fingerprint density at radius 3 is 2.75 bits per heavy atom. The maximum absolute atomic E-state index is 12.2. The van der Waals surface area contributed by atoms with Crippen molar-refractivity contribution in [2.24, 2.45) is 0 Å². The molecule has 1 N–H and O–H groups in total. The highest BCUT2D eigenvalue weighted by atomic mass is 79.9. The van der Waals surface area contributed by atoms with E-state index < -0.39 is 10.0 Å². The van der Waals surface area contributed by atoms with E-state index in [0.29, 0.717) is 5.69 Å². The first kappa shape index (κ1) is 14.4. The summed E-state index contributed by atoms with van der Waals surface area (Å²) in [5.74, 6) is 0.179. The standard InChI is InChI=1S/C12H9BrN4O2S/c1-8-9(13)4-5-12(16-8)17-20(18,19)11-3-2-6-15-10(11)7-14/h2-6H,1H3,(H,16,17). The third kappa shape index (κ3) is 2.95. The van der Waals surface area contributed by atoms with Crippen molar-refractivity contribution >= 4 is 31.8 Å². The molecule has 6 nitrogen and oxygen atoms in total. The molecule has 0 aliphatic carbocycles. The van der Waals surface area contributed by atoms with Gasteiger partial charge in [0.1, 0.15) is 16.8 Å². The van der Waals surface area contributed by atoms with Crippen LogP contribution in [0.1, 0.15) is 11.4 Å². The number of sulfonamides is 1. The number of halogens is 1. The number of pyridine rings is 2. The molecule has 0 amide bonds. The molecule has 0 aromatic carbocycles. The smallest absolute Gasteiger partial charge is 0.263 e. The number of hydrogen-bond acceptors (Lipinski definition) is 5. The summed E-state index contributed by atoms with van der Waals surface area (Å²) in [7, 11) is -3.90. The molecule has 0 spiro atoms. The maximum Gasteiger partial charge on any atom is 0.265 e. The van der Waals surface area contributed by atoms with E-state index in [1.165, 1.54) is 24.4 Å². The summed E-state index contributed by atoms with van der Waals surface area (Å²) in [6.45, 7) is 1.74. The minimum atomic E-state index is -3.90. The van der Waals surface area contributed by atoms with E-state index >= 15 is 0 Å². The number of nitrogens with zero attached hydrogens (tertiary/aromatic N) is 3. The van der Waals surface area contributed by atoms with Gasteiger partial charge in [-0.1, -0.05) is 0 Å². The van der Waals surface area contributed by atoms with Crippen molar-refractivity contribution in [3.63, 3.8) is 0 Å². The summed E-state index contributed by atoms with van der Waals surface area (Å²) in [6.07, 6.45) is 1.36. The lowest BCUT2D eigenvalue weighted by Gasteiger charge is -2.09. The fourth-order valence-electron chi connectivity index (χ4n) is 1.48. The molecule has 102 valence electrons. The van der Waals surface area contributed by atoms with Crippen LogP contribution in [0, 0.1) is 18.3 Å². The van der Waals surface area contributed by atoms with Gasteiger partial charge in [-0.3, -0.25) is 4.72 Å². The van der Waals surface area contributed by atoms with Gasteiger partial charge >= 0.3 is 0 Å². The molecule has 2 heterocycles. The lowest BCUT2D eigenvalue weighted by molar-refractivity contribution is 0.600. The topological polar surface area (TPSA) is 95.7 Å². The van der Waals surface area contributed by atoms with Gasteiger partial charge in [-0.2, -0.15) is 5.26 Å². The third-order valence-corrected chi connectivity index (χ3v) is 4.65. The molecule has 0 bridgehead atoms. The number of anilines is 1. The van der Waals surface area contributed by atoms with Crippen molar-refractivity contribution in [1.29, 1.82) is 5.26 Å². The van der Waals surface area contributed by atoms with Crippen LogP contribution < -0.4 is 4.72 Å². The minimum absolute atomic E-state index is 0.158. The molecule has 0 aliphatic heterocycles. The summed E-state index contributed by atoms with van der Waals surface area (Å²) >= 11 is 3.28. The van der Waals surface area contributed by atoms with Gasteiger partial charge in [0.25, 0.3) is 10.0 Å². The van der Waals surface area contributed by atoms with Gasteiger partial charge in [0.15, 0.2) is 5.69 Å². The number of nitriles is 1. The molecular formula is C12H9BrN4O2S. The molecule has 20 heavy (non-hydrogen) atoms. The van der Waals surface area contributed by atoms with E-state index in [2.05, 4.69) is 30.6 Å². The van der Waals surface area contributed by atoms with Crippen molar-refractivity contribution in [2.45, 2.75) is 11.8 Å². The molecule has 2 aromatic heterocycles. The summed E-state index contributed by atoms with van der Waals surface area (Å²) in [5.41, 5.74) is 0.491. The van der Waals surface area contributed by atoms with Gasteiger partial charge in [-0.15, -0.1) is 0 Å². The molecule has 8 heteroatoms. The van der Waals surface area contributed by atoms with Gasteiger partial charge in [0.2, 0.25) is 0 Å². The van der Waals surface area contributed by atoms with Crippen LogP contribution in [0.3, 0.4) is 0 Å². The van der Waals surface area contributed by atoms with Gasteiger partial charge in [0.05, 0.1) is 5.69 Å². The highest BCUT2D eigenvalue weighted by Gasteiger charge is 2.20. The highest BCUT2D eigenvalue weighted by molar-refractivity contribution is 9.10. The first-order valence-electron chi connectivity index (χ1n) is 5.45. The molecule has 2 aromatic rings.